The fourth-order valence-corrected chi connectivity index (χ4v) is 4.69. The molecule has 34 heavy (non-hydrogen) atoms. The maximum Gasteiger partial charge on any atom is 0.348 e. The number of benzene rings is 1. The monoisotopic (exact) mass is 489 g/mol. The smallest absolute Gasteiger partial charge is 0.348 e. The molecule has 3 aromatic rings. The number of aliphatic hydroxyl groups is 1. The summed E-state index contributed by atoms with van der Waals surface area (Å²) in [5.74, 6) is 0.698. The van der Waals surface area contributed by atoms with Crippen LogP contribution in [0.15, 0.2) is 35.1 Å². The summed E-state index contributed by atoms with van der Waals surface area (Å²) in [5.41, 5.74) is 0.276. The van der Waals surface area contributed by atoms with Crippen LogP contribution in [0.25, 0.3) is 10.2 Å². The first-order valence-corrected chi connectivity index (χ1v) is 12.0. The van der Waals surface area contributed by atoms with Gasteiger partial charge in [-0.15, -0.1) is 11.3 Å². The van der Waals surface area contributed by atoms with Crippen molar-refractivity contribution >= 4 is 27.5 Å². The Bertz CT molecular complexity index is 1130. The number of fused-ring (bicyclic) bond motifs is 1. The number of aromatic amines is 1. The van der Waals surface area contributed by atoms with Crippen molar-refractivity contribution in [2.45, 2.75) is 32.9 Å². The molecule has 184 valence electrons. The van der Waals surface area contributed by atoms with Crippen molar-refractivity contribution in [3.63, 3.8) is 0 Å². The number of nitrogens with zero attached hydrogens (tertiary/aromatic N) is 2. The van der Waals surface area contributed by atoms with Gasteiger partial charge in [0.25, 0.3) is 5.56 Å². The molecule has 0 saturated heterocycles. The second-order valence-electron chi connectivity index (χ2n) is 7.83. The zero-order valence-electron chi connectivity index (χ0n) is 19.7. The summed E-state index contributed by atoms with van der Waals surface area (Å²) in [6, 6.07) is 9.31. The van der Waals surface area contributed by atoms with E-state index in [1.54, 1.807) is 21.0 Å². The van der Waals surface area contributed by atoms with Crippen molar-refractivity contribution in [3.8, 4) is 5.75 Å². The van der Waals surface area contributed by atoms with Crippen molar-refractivity contribution in [3.05, 3.63) is 57.0 Å². The molecule has 0 bridgehead atoms. The van der Waals surface area contributed by atoms with Gasteiger partial charge in [0.2, 0.25) is 0 Å². The first-order valence-electron chi connectivity index (χ1n) is 11.2. The highest BCUT2D eigenvalue weighted by Gasteiger charge is 2.21. The molecule has 1 aromatic carbocycles. The third-order valence-corrected chi connectivity index (χ3v) is 6.33. The van der Waals surface area contributed by atoms with Crippen LogP contribution < -0.4 is 10.3 Å². The normalized spacial score (nSPS) is 12.3. The van der Waals surface area contributed by atoms with E-state index in [-0.39, 0.29) is 18.8 Å². The van der Waals surface area contributed by atoms with E-state index in [2.05, 4.69) is 9.97 Å². The molecule has 10 heteroatoms. The Hall–Kier alpha value is -2.79. The number of ether oxygens (including phenoxy) is 3. The van der Waals surface area contributed by atoms with Gasteiger partial charge in [0.05, 0.1) is 18.5 Å². The third-order valence-electron chi connectivity index (χ3n) is 5.16. The predicted octanol–water partition coefficient (Wildman–Crippen LogP) is 2.75. The average Bonchev–Trinajstić information content (AvgIpc) is 3.15. The van der Waals surface area contributed by atoms with Crippen LogP contribution >= 0.6 is 11.3 Å². The maximum absolute atomic E-state index is 12.8. The number of rotatable bonds is 13. The molecule has 0 aliphatic carbocycles. The van der Waals surface area contributed by atoms with Gasteiger partial charge < -0.3 is 24.3 Å². The van der Waals surface area contributed by atoms with Crippen LogP contribution in [0.1, 0.15) is 34.4 Å². The molecule has 0 unspecified atom stereocenters. The van der Waals surface area contributed by atoms with Gasteiger partial charge in [-0.05, 0) is 38.0 Å². The maximum atomic E-state index is 12.8. The zero-order chi connectivity index (χ0) is 24.5. The molecule has 0 saturated carbocycles. The minimum Gasteiger partial charge on any atom is -0.491 e. The van der Waals surface area contributed by atoms with Crippen LogP contribution in [0.4, 0.5) is 0 Å². The quantitative estimate of drug-likeness (QED) is 0.278. The van der Waals surface area contributed by atoms with E-state index in [9.17, 15) is 14.7 Å². The topological polar surface area (TPSA) is 114 Å². The fourth-order valence-electron chi connectivity index (χ4n) is 3.59. The Balaban J connectivity index is 1.74. The predicted molar refractivity (Wildman–Crippen MR) is 131 cm³/mol. The van der Waals surface area contributed by atoms with Crippen molar-refractivity contribution in [1.82, 2.24) is 14.9 Å². The molecule has 0 aliphatic heterocycles. The number of hydrogen-bond acceptors (Lipinski definition) is 9. The summed E-state index contributed by atoms with van der Waals surface area (Å²) >= 11 is 1.15. The first-order chi connectivity index (χ1) is 16.4. The molecule has 3 rings (SSSR count). The third kappa shape index (κ3) is 6.86. The van der Waals surface area contributed by atoms with E-state index >= 15 is 0 Å². The Kier molecular flexibility index (Phi) is 9.58. The Labute approximate surface area is 202 Å². The lowest BCUT2D eigenvalue weighted by molar-refractivity contribution is 0.0531. The van der Waals surface area contributed by atoms with E-state index in [0.717, 1.165) is 17.8 Å². The molecule has 0 amide bonds. The number of para-hydroxylation sites is 1. The highest BCUT2D eigenvalue weighted by Crippen LogP contribution is 2.27. The van der Waals surface area contributed by atoms with Gasteiger partial charge in [0.15, 0.2) is 0 Å². The van der Waals surface area contributed by atoms with Crippen LogP contribution in [0.3, 0.4) is 0 Å². The van der Waals surface area contributed by atoms with E-state index in [1.807, 2.05) is 35.2 Å². The number of carbonyl (C=O) groups is 1. The zero-order valence-corrected chi connectivity index (χ0v) is 20.5. The van der Waals surface area contributed by atoms with Crippen molar-refractivity contribution in [2.75, 3.05) is 40.0 Å². The summed E-state index contributed by atoms with van der Waals surface area (Å²) in [7, 11) is 1.64. The van der Waals surface area contributed by atoms with Gasteiger partial charge in [-0.25, -0.2) is 9.78 Å². The number of carbonyl (C=O) groups excluding carboxylic acids is 1. The Morgan fingerprint density at radius 2 is 2.06 bits per heavy atom. The molecule has 0 radical (unpaired) electrons. The number of H-pyrrole nitrogens is 1. The van der Waals surface area contributed by atoms with Gasteiger partial charge in [0.1, 0.15) is 34.0 Å². The van der Waals surface area contributed by atoms with Crippen molar-refractivity contribution in [1.29, 1.82) is 0 Å². The molecule has 0 fully saturated rings. The Morgan fingerprint density at radius 3 is 2.76 bits per heavy atom. The standard InChI is InChI=1S/C24H31N3O6S/c1-4-32-24(30)21-16(2)20-22(29)25-19(26-23(20)34-21)14-27(11-8-12-31-3)13-17(28)15-33-18-9-6-5-7-10-18/h5-7,9-10,17,28H,4,8,11-15H2,1-3H3,(H,25,26,29)/t17-/m1/s1. The highest BCUT2D eigenvalue weighted by atomic mass is 32.1. The van der Waals surface area contributed by atoms with Gasteiger partial charge >= 0.3 is 5.97 Å². The molecule has 2 heterocycles. The second-order valence-corrected chi connectivity index (χ2v) is 8.83. The van der Waals surface area contributed by atoms with Gasteiger partial charge in [-0.1, -0.05) is 18.2 Å². The SMILES string of the molecule is CCOC(=O)c1sc2nc(CN(CCCOC)C[C@@H](O)COc3ccccc3)[nH]c(=O)c2c1C. The van der Waals surface area contributed by atoms with Crippen LogP contribution in [-0.4, -0.2) is 72.1 Å². The molecule has 2 N–H and O–H groups in total. The first kappa shape index (κ1) is 25.8. The van der Waals surface area contributed by atoms with E-state index in [4.69, 9.17) is 14.2 Å². The number of nitrogens with one attached hydrogen (secondary N) is 1. The number of hydrogen-bond donors (Lipinski definition) is 2. The van der Waals surface area contributed by atoms with E-state index in [0.29, 0.717) is 58.5 Å². The average molecular weight is 490 g/mol. The summed E-state index contributed by atoms with van der Waals surface area (Å²) in [4.78, 5) is 35.3. The highest BCUT2D eigenvalue weighted by molar-refractivity contribution is 7.20. The fraction of sp³-hybridized carbons (Fsp3) is 0.458. The number of methoxy groups -OCH3 is 1. The Morgan fingerprint density at radius 1 is 1.29 bits per heavy atom. The molecular formula is C24H31N3O6S. The number of aliphatic hydroxyl groups excluding tert-OH is 1. The largest absolute Gasteiger partial charge is 0.491 e. The van der Waals surface area contributed by atoms with E-state index in [1.165, 1.54) is 0 Å². The van der Waals surface area contributed by atoms with Crippen molar-refractivity contribution < 1.29 is 24.1 Å². The number of aromatic nitrogens is 2. The lowest BCUT2D eigenvalue weighted by atomic mass is 10.2. The number of esters is 1. The summed E-state index contributed by atoms with van der Waals surface area (Å²) in [6.45, 7) is 5.72. The molecule has 0 spiro atoms. The molecule has 1 atom stereocenters. The lowest BCUT2D eigenvalue weighted by Crippen LogP contribution is -2.37. The van der Waals surface area contributed by atoms with Crippen molar-refractivity contribution in [2.24, 2.45) is 0 Å². The second kappa shape index (κ2) is 12.6. The molecular weight excluding hydrogens is 458 g/mol. The lowest BCUT2D eigenvalue weighted by Gasteiger charge is -2.24. The minimum absolute atomic E-state index is 0.140. The summed E-state index contributed by atoms with van der Waals surface area (Å²) < 4.78 is 15.9. The number of aryl methyl sites for hydroxylation is 1. The van der Waals surface area contributed by atoms with Gasteiger partial charge in [0, 0.05) is 26.8 Å². The molecule has 2 aromatic heterocycles. The minimum atomic E-state index is -0.738. The van der Waals surface area contributed by atoms with Crippen LogP contribution in [0, 0.1) is 6.92 Å². The summed E-state index contributed by atoms with van der Waals surface area (Å²) in [5, 5.41) is 11.0. The summed E-state index contributed by atoms with van der Waals surface area (Å²) in [6.07, 6.45) is 0.0120. The van der Waals surface area contributed by atoms with Gasteiger partial charge in [-0.3, -0.25) is 9.69 Å². The van der Waals surface area contributed by atoms with Crippen LogP contribution in [-0.2, 0) is 16.0 Å². The molecule has 0 aliphatic rings. The number of thiophene rings is 1. The van der Waals surface area contributed by atoms with E-state index < -0.39 is 12.1 Å². The van der Waals surface area contributed by atoms with Crippen LogP contribution in [0.2, 0.25) is 0 Å². The van der Waals surface area contributed by atoms with Gasteiger partial charge in [-0.2, -0.15) is 0 Å². The molecule has 9 nitrogen and oxygen atoms in total. The van der Waals surface area contributed by atoms with Crippen LogP contribution in [0.5, 0.6) is 5.75 Å².